The molecule has 1 aromatic heterocycles. The van der Waals surface area contributed by atoms with Crippen molar-refractivity contribution in [2.45, 2.75) is 19.9 Å². The maximum absolute atomic E-state index is 13.4. The molecule has 1 fully saturated rings. The number of ketones is 1. The first-order valence-electron chi connectivity index (χ1n) is 11.9. The zero-order valence-electron chi connectivity index (χ0n) is 20.3. The zero-order valence-corrected chi connectivity index (χ0v) is 20.3. The van der Waals surface area contributed by atoms with E-state index in [-0.39, 0.29) is 28.8 Å². The summed E-state index contributed by atoms with van der Waals surface area (Å²) < 4.78 is 11.1. The van der Waals surface area contributed by atoms with E-state index in [9.17, 15) is 19.8 Å². The minimum atomic E-state index is -1.05. The smallest absolute Gasteiger partial charge is 0.302 e. The third-order valence-corrected chi connectivity index (χ3v) is 6.07. The van der Waals surface area contributed by atoms with Crippen molar-refractivity contribution in [2.24, 2.45) is 0 Å². The lowest BCUT2D eigenvalue weighted by Gasteiger charge is -2.23. The molecule has 4 aromatic rings. The number of nitrogens with zero attached hydrogens (tertiary/aromatic N) is 2. The van der Waals surface area contributed by atoms with Crippen LogP contribution in [0, 0.1) is 0 Å². The van der Waals surface area contributed by atoms with Gasteiger partial charge in [-0.2, -0.15) is 0 Å². The van der Waals surface area contributed by atoms with Crippen LogP contribution in [0.15, 0.2) is 72.3 Å². The van der Waals surface area contributed by atoms with Gasteiger partial charge in [-0.3, -0.25) is 14.5 Å². The number of aromatic nitrogens is 2. The highest BCUT2D eigenvalue weighted by atomic mass is 16.5. The molecule has 1 amide bonds. The van der Waals surface area contributed by atoms with Crippen molar-refractivity contribution in [1.29, 1.82) is 0 Å². The number of carbonyl (C=O) groups excluding carboxylic acids is 2. The predicted molar refractivity (Wildman–Crippen MR) is 138 cm³/mol. The first-order valence-corrected chi connectivity index (χ1v) is 11.9. The van der Waals surface area contributed by atoms with Crippen molar-refractivity contribution < 1.29 is 29.3 Å². The van der Waals surface area contributed by atoms with Crippen molar-refractivity contribution in [3.05, 3.63) is 83.4 Å². The molecule has 0 bridgehead atoms. The molecule has 188 valence electrons. The van der Waals surface area contributed by atoms with Gasteiger partial charge in [-0.25, -0.2) is 4.98 Å². The summed E-state index contributed by atoms with van der Waals surface area (Å²) in [6, 6.07) is 17.4. The number of amides is 1. The number of aromatic hydroxyl groups is 1. The average molecular weight is 500 g/mol. The van der Waals surface area contributed by atoms with E-state index in [1.807, 2.05) is 25.1 Å². The Hall–Kier alpha value is -4.79. The largest absolute Gasteiger partial charge is 0.507 e. The molecule has 1 aliphatic heterocycles. The van der Waals surface area contributed by atoms with Gasteiger partial charge in [-0.15, -0.1) is 0 Å². The number of carbonyl (C=O) groups is 2. The van der Waals surface area contributed by atoms with E-state index in [0.29, 0.717) is 41.1 Å². The van der Waals surface area contributed by atoms with Crippen LogP contribution >= 0.6 is 0 Å². The highest BCUT2D eigenvalue weighted by molar-refractivity contribution is 6.51. The molecule has 1 unspecified atom stereocenters. The van der Waals surface area contributed by atoms with Gasteiger partial charge in [0.25, 0.3) is 5.78 Å². The van der Waals surface area contributed by atoms with Crippen LogP contribution in [0.4, 0.5) is 5.95 Å². The minimum absolute atomic E-state index is 0.0873. The summed E-state index contributed by atoms with van der Waals surface area (Å²) in [6.45, 7) is 4.34. The second kappa shape index (κ2) is 9.69. The Morgan fingerprint density at radius 1 is 1.00 bits per heavy atom. The molecule has 5 rings (SSSR count). The fraction of sp³-hybridized carbons (Fsp3) is 0.179. The molecule has 1 atom stereocenters. The highest BCUT2D eigenvalue weighted by Gasteiger charge is 2.48. The van der Waals surface area contributed by atoms with Crippen LogP contribution in [0.3, 0.4) is 0 Å². The lowest BCUT2D eigenvalue weighted by atomic mass is 9.95. The lowest BCUT2D eigenvalue weighted by Crippen LogP contribution is -2.30. The third-order valence-electron chi connectivity index (χ3n) is 6.07. The van der Waals surface area contributed by atoms with Gasteiger partial charge in [0.05, 0.1) is 35.9 Å². The molecule has 3 aromatic carbocycles. The number of H-pyrrole nitrogens is 1. The first-order chi connectivity index (χ1) is 17.9. The van der Waals surface area contributed by atoms with Crippen molar-refractivity contribution in [3.8, 4) is 17.2 Å². The van der Waals surface area contributed by atoms with Crippen molar-refractivity contribution in [2.75, 3.05) is 18.1 Å². The maximum Gasteiger partial charge on any atom is 0.302 e. The Morgan fingerprint density at radius 2 is 1.78 bits per heavy atom. The van der Waals surface area contributed by atoms with Gasteiger partial charge in [0.15, 0.2) is 11.5 Å². The number of hydrogen-bond acceptors (Lipinski definition) is 7. The number of phenols is 1. The van der Waals surface area contributed by atoms with Crippen LogP contribution in [0.5, 0.6) is 17.2 Å². The molecule has 9 nitrogen and oxygen atoms in total. The number of benzene rings is 3. The Bertz CT molecular complexity index is 1510. The standard InChI is InChI=1S/C28H25N3O6/c1-3-36-18-9-7-8-17(14-18)25(33)23-24(16-12-13-21(32)22(15-16)37-4-2)31(27(35)26(23)34)28-29-19-10-5-6-11-20(19)30-28/h5-15,24,32-33H,3-4H2,1-2H3,(H,29,30)/b25-23+. The number of para-hydroxylation sites is 2. The topological polar surface area (TPSA) is 125 Å². The molecular weight excluding hydrogens is 474 g/mol. The van der Waals surface area contributed by atoms with E-state index in [4.69, 9.17) is 9.47 Å². The number of ether oxygens (including phenoxy) is 2. The van der Waals surface area contributed by atoms with E-state index in [1.165, 1.54) is 11.0 Å². The number of phenolic OH excluding ortho intramolecular Hbond substituents is 1. The number of aliphatic hydroxyl groups is 1. The number of fused-ring (bicyclic) bond motifs is 1. The van der Waals surface area contributed by atoms with E-state index in [2.05, 4.69) is 9.97 Å². The third kappa shape index (κ3) is 4.24. The van der Waals surface area contributed by atoms with E-state index < -0.39 is 17.7 Å². The predicted octanol–water partition coefficient (Wildman–Crippen LogP) is 4.69. The molecular formula is C28H25N3O6. The second-order valence-electron chi connectivity index (χ2n) is 8.37. The average Bonchev–Trinajstić information content (AvgIpc) is 3.44. The van der Waals surface area contributed by atoms with Crippen LogP contribution in [0.2, 0.25) is 0 Å². The number of hydrogen-bond donors (Lipinski definition) is 3. The summed E-state index contributed by atoms with van der Waals surface area (Å²) in [4.78, 5) is 35.7. The summed E-state index contributed by atoms with van der Waals surface area (Å²) in [5.41, 5.74) is 1.95. The number of rotatable bonds is 7. The summed E-state index contributed by atoms with van der Waals surface area (Å²) in [5.74, 6) is -1.30. The normalized spacial score (nSPS) is 16.9. The van der Waals surface area contributed by atoms with Gasteiger partial charge >= 0.3 is 5.91 Å². The van der Waals surface area contributed by atoms with Gasteiger partial charge in [-0.1, -0.05) is 30.3 Å². The minimum Gasteiger partial charge on any atom is -0.507 e. The van der Waals surface area contributed by atoms with E-state index in [1.54, 1.807) is 49.4 Å². The Kier molecular flexibility index (Phi) is 6.27. The monoisotopic (exact) mass is 499 g/mol. The zero-order chi connectivity index (χ0) is 26.1. The number of nitrogens with one attached hydrogen (secondary N) is 1. The van der Waals surface area contributed by atoms with Gasteiger partial charge in [0, 0.05) is 5.56 Å². The molecule has 1 aliphatic rings. The van der Waals surface area contributed by atoms with Crippen LogP contribution in [0.1, 0.15) is 31.0 Å². The number of anilines is 1. The van der Waals surface area contributed by atoms with Gasteiger partial charge in [0.2, 0.25) is 5.95 Å². The van der Waals surface area contributed by atoms with Crippen molar-refractivity contribution >= 4 is 34.4 Å². The summed E-state index contributed by atoms with van der Waals surface area (Å²) in [7, 11) is 0. The fourth-order valence-electron chi connectivity index (χ4n) is 4.45. The molecule has 37 heavy (non-hydrogen) atoms. The fourth-order valence-corrected chi connectivity index (χ4v) is 4.45. The molecule has 0 radical (unpaired) electrons. The van der Waals surface area contributed by atoms with Crippen molar-refractivity contribution in [3.63, 3.8) is 0 Å². The number of imidazole rings is 1. The summed E-state index contributed by atoms with van der Waals surface area (Å²) in [5, 5.41) is 21.6. The van der Waals surface area contributed by atoms with Crippen LogP contribution in [-0.4, -0.2) is 45.1 Å². The molecule has 0 saturated carbocycles. The molecule has 3 N–H and O–H groups in total. The number of aliphatic hydroxyl groups excluding tert-OH is 1. The van der Waals surface area contributed by atoms with Gasteiger partial charge < -0.3 is 24.7 Å². The quantitative estimate of drug-likeness (QED) is 0.191. The molecule has 9 heteroatoms. The van der Waals surface area contributed by atoms with Crippen LogP contribution < -0.4 is 14.4 Å². The Balaban J connectivity index is 1.73. The number of Topliss-reactive ketones (excluding diaryl/α,β-unsaturated/α-hetero) is 1. The van der Waals surface area contributed by atoms with Crippen LogP contribution in [0.25, 0.3) is 16.8 Å². The summed E-state index contributed by atoms with van der Waals surface area (Å²) in [6.07, 6.45) is 0. The number of aromatic amines is 1. The second-order valence-corrected chi connectivity index (χ2v) is 8.37. The van der Waals surface area contributed by atoms with Crippen LogP contribution in [-0.2, 0) is 9.59 Å². The molecule has 0 spiro atoms. The highest BCUT2D eigenvalue weighted by Crippen LogP contribution is 2.43. The van der Waals surface area contributed by atoms with E-state index >= 15 is 0 Å². The van der Waals surface area contributed by atoms with E-state index in [0.717, 1.165) is 0 Å². The van der Waals surface area contributed by atoms with Gasteiger partial charge in [0.1, 0.15) is 11.5 Å². The SMILES string of the molecule is CCOc1cccc(/C(O)=C2\C(=O)C(=O)N(c3nc4ccccc4[nH]3)C2c2ccc(O)c(OCC)c2)c1. The Labute approximate surface area is 212 Å². The molecule has 0 aliphatic carbocycles. The van der Waals surface area contributed by atoms with Crippen molar-refractivity contribution in [1.82, 2.24) is 9.97 Å². The molecule has 2 heterocycles. The maximum atomic E-state index is 13.4. The summed E-state index contributed by atoms with van der Waals surface area (Å²) >= 11 is 0. The first kappa shape index (κ1) is 23.9. The lowest BCUT2D eigenvalue weighted by molar-refractivity contribution is -0.132. The molecule has 1 saturated heterocycles. The Morgan fingerprint density at radius 3 is 2.54 bits per heavy atom. The van der Waals surface area contributed by atoms with Gasteiger partial charge in [-0.05, 0) is 55.8 Å².